The van der Waals surface area contributed by atoms with Gasteiger partial charge < -0.3 is 9.80 Å². The third-order valence-electron chi connectivity index (χ3n) is 5.91. The number of benzene rings is 2. The van der Waals surface area contributed by atoms with Gasteiger partial charge in [0.1, 0.15) is 5.82 Å². The third-order valence-corrected chi connectivity index (χ3v) is 5.91. The number of rotatable bonds is 8. The van der Waals surface area contributed by atoms with Crippen LogP contribution in [0.4, 0.5) is 4.39 Å². The molecule has 158 valence electrons. The Hall–Kier alpha value is -2.50. The fourth-order valence-corrected chi connectivity index (χ4v) is 4.42. The van der Waals surface area contributed by atoms with E-state index in [4.69, 9.17) is 0 Å². The summed E-state index contributed by atoms with van der Waals surface area (Å²) in [5.74, 6) is 0.537. The first-order valence-corrected chi connectivity index (χ1v) is 10.9. The molecule has 2 heterocycles. The molecule has 0 saturated carbocycles. The summed E-state index contributed by atoms with van der Waals surface area (Å²) >= 11 is 0. The second kappa shape index (κ2) is 10.0. The quantitative estimate of drug-likeness (QED) is 0.554. The molecule has 4 nitrogen and oxygen atoms in total. The molecular weight excluding hydrogens is 375 g/mol. The van der Waals surface area contributed by atoms with Gasteiger partial charge in [0.15, 0.2) is 0 Å². The van der Waals surface area contributed by atoms with Crippen molar-refractivity contribution in [3.63, 3.8) is 0 Å². The van der Waals surface area contributed by atoms with Crippen molar-refractivity contribution in [2.75, 3.05) is 33.2 Å². The average Bonchev–Trinajstić information content (AvgIpc) is 3.22. The summed E-state index contributed by atoms with van der Waals surface area (Å²) in [6.07, 6.45) is 7.64. The van der Waals surface area contributed by atoms with Crippen LogP contribution in [0.3, 0.4) is 0 Å². The lowest BCUT2D eigenvalue weighted by Crippen LogP contribution is -2.40. The lowest BCUT2D eigenvalue weighted by Gasteiger charge is -2.34. The standard InChI is InChI=1S/C25H31FN4/c1-28(18-23-16-27-30(20-23)25-7-3-2-4-8-25)17-22-6-5-14-29(19-22)15-13-21-9-11-24(26)12-10-21/h2-4,7-12,16,20,22H,5-6,13-15,17-19H2,1H3. The fraction of sp³-hybridized carbons (Fsp3) is 0.400. The van der Waals surface area contributed by atoms with E-state index in [1.54, 1.807) is 12.1 Å². The van der Waals surface area contributed by atoms with Gasteiger partial charge >= 0.3 is 0 Å². The molecular formula is C25H31FN4. The Bertz CT molecular complexity index is 906. The van der Waals surface area contributed by atoms with Crippen LogP contribution in [0.2, 0.25) is 0 Å². The van der Waals surface area contributed by atoms with Crippen LogP contribution in [0.15, 0.2) is 67.0 Å². The van der Waals surface area contributed by atoms with E-state index in [9.17, 15) is 4.39 Å². The van der Waals surface area contributed by atoms with Gasteiger partial charge in [0.2, 0.25) is 0 Å². The molecule has 0 radical (unpaired) electrons. The fourth-order valence-electron chi connectivity index (χ4n) is 4.42. The summed E-state index contributed by atoms with van der Waals surface area (Å²) in [7, 11) is 2.21. The van der Waals surface area contributed by atoms with Crippen LogP contribution in [-0.2, 0) is 13.0 Å². The molecule has 1 saturated heterocycles. The van der Waals surface area contributed by atoms with E-state index in [-0.39, 0.29) is 5.82 Å². The number of hydrogen-bond donors (Lipinski definition) is 0. The lowest BCUT2D eigenvalue weighted by molar-refractivity contribution is 0.142. The van der Waals surface area contributed by atoms with E-state index in [0.717, 1.165) is 38.3 Å². The highest BCUT2D eigenvalue weighted by Crippen LogP contribution is 2.19. The number of aromatic nitrogens is 2. The average molecular weight is 407 g/mol. The normalized spacial score (nSPS) is 17.5. The smallest absolute Gasteiger partial charge is 0.123 e. The van der Waals surface area contributed by atoms with Gasteiger partial charge in [0, 0.05) is 37.9 Å². The summed E-state index contributed by atoms with van der Waals surface area (Å²) in [5.41, 5.74) is 3.55. The van der Waals surface area contributed by atoms with Crippen molar-refractivity contribution in [2.45, 2.75) is 25.8 Å². The minimum absolute atomic E-state index is 0.158. The van der Waals surface area contributed by atoms with Crippen LogP contribution in [-0.4, -0.2) is 52.8 Å². The van der Waals surface area contributed by atoms with Crippen molar-refractivity contribution < 1.29 is 4.39 Å². The molecule has 0 amide bonds. The van der Waals surface area contributed by atoms with Crippen LogP contribution in [0.5, 0.6) is 0 Å². The zero-order valence-corrected chi connectivity index (χ0v) is 17.8. The largest absolute Gasteiger partial charge is 0.303 e. The molecule has 1 atom stereocenters. The summed E-state index contributed by atoms with van der Waals surface area (Å²) < 4.78 is 15.0. The maximum Gasteiger partial charge on any atom is 0.123 e. The van der Waals surface area contributed by atoms with E-state index >= 15 is 0 Å². The van der Waals surface area contributed by atoms with E-state index in [1.165, 1.54) is 30.5 Å². The SMILES string of the molecule is CN(Cc1cnn(-c2ccccc2)c1)CC1CCCN(CCc2ccc(F)cc2)C1. The van der Waals surface area contributed by atoms with Gasteiger partial charge in [-0.25, -0.2) is 9.07 Å². The van der Waals surface area contributed by atoms with Crippen LogP contribution >= 0.6 is 0 Å². The van der Waals surface area contributed by atoms with Crippen LogP contribution in [0.25, 0.3) is 5.69 Å². The van der Waals surface area contributed by atoms with Gasteiger partial charge in [-0.1, -0.05) is 30.3 Å². The third kappa shape index (κ3) is 5.77. The highest BCUT2D eigenvalue weighted by molar-refractivity contribution is 5.30. The molecule has 1 aliphatic heterocycles. The molecule has 0 N–H and O–H groups in total. The first kappa shape index (κ1) is 20.8. The Morgan fingerprint density at radius 2 is 1.87 bits per heavy atom. The number of nitrogens with zero attached hydrogens (tertiary/aromatic N) is 4. The van der Waals surface area contributed by atoms with Gasteiger partial charge in [-0.2, -0.15) is 5.10 Å². The second-order valence-electron chi connectivity index (χ2n) is 8.51. The van der Waals surface area contributed by atoms with Crippen molar-refractivity contribution in [3.05, 3.63) is 83.9 Å². The van der Waals surface area contributed by atoms with E-state index in [0.29, 0.717) is 5.92 Å². The lowest BCUT2D eigenvalue weighted by atomic mass is 9.97. The number of hydrogen-bond acceptors (Lipinski definition) is 3. The molecule has 1 aromatic heterocycles. The zero-order valence-electron chi connectivity index (χ0n) is 17.8. The molecule has 1 fully saturated rings. The predicted octanol–water partition coefficient (Wildman–Crippen LogP) is 4.40. The summed E-state index contributed by atoms with van der Waals surface area (Å²) in [6, 6.07) is 17.2. The molecule has 5 heteroatoms. The van der Waals surface area contributed by atoms with Gasteiger partial charge in [0.05, 0.1) is 11.9 Å². The Balaban J connectivity index is 1.24. The van der Waals surface area contributed by atoms with Crippen molar-refractivity contribution in [3.8, 4) is 5.69 Å². The molecule has 2 aromatic carbocycles. The van der Waals surface area contributed by atoms with Crippen molar-refractivity contribution >= 4 is 0 Å². The minimum atomic E-state index is -0.158. The zero-order chi connectivity index (χ0) is 20.8. The highest BCUT2D eigenvalue weighted by atomic mass is 19.1. The molecule has 4 rings (SSSR count). The predicted molar refractivity (Wildman–Crippen MR) is 119 cm³/mol. The Morgan fingerprint density at radius 3 is 2.67 bits per heavy atom. The Kier molecular flexibility index (Phi) is 6.92. The summed E-state index contributed by atoms with van der Waals surface area (Å²) in [6.45, 7) is 5.39. The molecule has 30 heavy (non-hydrogen) atoms. The molecule has 0 aliphatic carbocycles. The monoisotopic (exact) mass is 406 g/mol. The van der Waals surface area contributed by atoms with Crippen molar-refractivity contribution in [1.82, 2.24) is 19.6 Å². The number of piperidine rings is 1. The van der Waals surface area contributed by atoms with Crippen LogP contribution in [0.1, 0.15) is 24.0 Å². The Morgan fingerprint density at radius 1 is 1.07 bits per heavy atom. The maximum atomic E-state index is 13.1. The maximum absolute atomic E-state index is 13.1. The summed E-state index contributed by atoms with van der Waals surface area (Å²) in [5, 5.41) is 4.52. The minimum Gasteiger partial charge on any atom is -0.303 e. The molecule has 1 unspecified atom stereocenters. The van der Waals surface area contributed by atoms with Crippen molar-refractivity contribution in [2.24, 2.45) is 5.92 Å². The van der Waals surface area contributed by atoms with Gasteiger partial charge in [-0.3, -0.25) is 0 Å². The Labute approximate surface area is 178 Å². The van der Waals surface area contributed by atoms with Crippen LogP contribution in [0, 0.1) is 11.7 Å². The first-order valence-electron chi connectivity index (χ1n) is 10.9. The van der Waals surface area contributed by atoms with E-state index < -0.39 is 0 Å². The molecule has 0 bridgehead atoms. The molecule has 1 aliphatic rings. The van der Waals surface area contributed by atoms with Gasteiger partial charge in [0.25, 0.3) is 0 Å². The van der Waals surface area contributed by atoms with Gasteiger partial charge in [-0.15, -0.1) is 0 Å². The number of para-hydroxylation sites is 1. The van der Waals surface area contributed by atoms with Crippen molar-refractivity contribution in [1.29, 1.82) is 0 Å². The number of halogens is 1. The molecule has 0 spiro atoms. The topological polar surface area (TPSA) is 24.3 Å². The highest BCUT2D eigenvalue weighted by Gasteiger charge is 2.21. The number of likely N-dealkylation sites (tertiary alicyclic amines) is 1. The van der Waals surface area contributed by atoms with E-state index in [2.05, 4.69) is 40.3 Å². The first-order chi connectivity index (χ1) is 14.7. The van der Waals surface area contributed by atoms with Gasteiger partial charge in [-0.05, 0) is 68.6 Å². The van der Waals surface area contributed by atoms with E-state index in [1.807, 2.05) is 41.2 Å². The van der Waals surface area contributed by atoms with Crippen LogP contribution < -0.4 is 0 Å². The second-order valence-corrected chi connectivity index (χ2v) is 8.51. The summed E-state index contributed by atoms with van der Waals surface area (Å²) in [4.78, 5) is 4.99. The molecule has 3 aromatic rings.